The molecule has 0 aromatic heterocycles. The molecule has 10 heteroatoms. The van der Waals surface area contributed by atoms with Crippen LogP contribution in [0.3, 0.4) is 0 Å². The van der Waals surface area contributed by atoms with Crippen molar-refractivity contribution in [2.24, 2.45) is 5.10 Å². The van der Waals surface area contributed by atoms with E-state index in [0.29, 0.717) is 18.7 Å². The molecule has 2 saturated heterocycles. The van der Waals surface area contributed by atoms with Crippen molar-refractivity contribution in [2.45, 2.75) is 0 Å². The number of nitro groups is 1. The van der Waals surface area contributed by atoms with Gasteiger partial charge >= 0.3 is 6.09 Å². The molecule has 0 atom stereocenters. The molecule has 1 aromatic carbocycles. The van der Waals surface area contributed by atoms with Crippen molar-refractivity contribution in [3.05, 3.63) is 33.9 Å². The summed E-state index contributed by atoms with van der Waals surface area (Å²) in [7, 11) is 2.06. The quantitative estimate of drug-likeness (QED) is 0.454. The molecule has 1 amide bonds. The zero-order valence-corrected chi connectivity index (χ0v) is 14.6. The van der Waals surface area contributed by atoms with E-state index in [0.717, 1.165) is 31.9 Å². The van der Waals surface area contributed by atoms with Gasteiger partial charge in [-0.2, -0.15) is 10.1 Å². The number of ether oxygens (including phenoxy) is 1. The van der Waals surface area contributed by atoms with Gasteiger partial charge in [-0.15, -0.1) is 12.4 Å². The first-order chi connectivity index (χ1) is 11.5. The van der Waals surface area contributed by atoms with Crippen LogP contribution in [0.5, 0.6) is 0 Å². The van der Waals surface area contributed by atoms with Crippen LogP contribution in [0.2, 0.25) is 0 Å². The summed E-state index contributed by atoms with van der Waals surface area (Å²) >= 11 is 0. The molecule has 0 radical (unpaired) electrons. The number of hydrogen-bond donors (Lipinski definition) is 0. The third-order valence-electron chi connectivity index (χ3n) is 4.14. The van der Waals surface area contributed by atoms with Gasteiger partial charge in [-0.05, 0) is 13.1 Å². The fraction of sp³-hybridized carbons (Fsp3) is 0.467. The van der Waals surface area contributed by atoms with Gasteiger partial charge in [-0.3, -0.25) is 10.1 Å². The molecule has 25 heavy (non-hydrogen) atoms. The smallest absolute Gasteiger partial charge is 0.430 e. The fourth-order valence-electron chi connectivity index (χ4n) is 2.72. The number of carbonyl (C=O) groups excluding carboxylic acids is 1. The summed E-state index contributed by atoms with van der Waals surface area (Å²) in [5.41, 5.74) is 1.50. The number of carbonyl (C=O) groups is 1. The van der Waals surface area contributed by atoms with Crippen LogP contribution >= 0.6 is 12.4 Å². The predicted octanol–water partition coefficient (Wildman–Crippen LogP) is 1.55. The van der Waals surface area contributed by atoms with Gasteiger partial charge in [0.1, 0.15) is 6.61 Å². The zero-order valence-electron chi connectivity index (χ0n) is 13.8. The normalized spacial score (nSPS) is 18.4. The number of benzene rings is 1. The summed E-state index contributed by atoms with van der Waals surface area (Å²) in [6.07, 6.45) is 0.991. The van der Waals surface area contributed by atoms with E-state index in [2.05, 4.69) is 21.9 Å². The van der Waals surface area contributed by atoms with Crippen molar-refractivity contribution in [3.8, 4) is 0 Å². The SMILES string of the molecule is CN1CCN(c2ccc([N+](=O)[O-])cc2/C=N/N2CCOC2=O)CC1.Cl. The van der Waals surface area contributed by atoms with Crippen molar-refractivity contribution in [3.63, 3.8) is 0 Å². The summed E-state index contributed by atoms with van der Waals surface area (Å²) in [5.74, 6) is 0. The summed E-state index contributed by atoms with van der Waals surface area (Å²) in [5, 5.41) is 16.4. The average Bonchev–Trinajstić information content (AvgIpc) is 2.98. The number of amides is 1. The Morgan fingerprint density at radius 3 is 2.56 bits per heavy atom. The first kappa shape index (κ1) is 18.9. The molecule has 9 nitrogen and oxygen atoms in total. The summed E-state index contributed by atoms with van der Waals surface area (Å²) in [4.78, 5) is 26.5. The second-order valence-electron chi connectivity index (χ2n) is 5.77. The van der Waals surface area contributed by atoms with Crippen molar-refractivity contribution >= 4 is 36.1 Å². The molecule has 0 saturated carbocycles. The van der Waals surface area contributed by atoms with Crippen LogP contribution in [0.1, 0.15) is 5.56 Å². The number of hydrazone groups is 1. The lowest BCUT2D eigenvalue weighted by atomic mass is 10.1. The van der Waals surface area contributed by atoms with Gasteiger partial charge < -0.3 is 14.5 Å². The molecule has 1 aromatic rings. The van der Waals surface area contributed by atoms with E-state index in [1.54, 1.807) is 6.07 Å². The predicted molar refractivity (Wildman–Crippen MR) is 95.7 cm³/mol. The van der Waals surface area contributed by atoms with E-state index in [1.807, 2.05) is 0 Å². The Labute approximate surface area is 151 Å². The number of nitrogens with zero attached hydrogens (tertiary/aromatic N) is 5. The molecule has 0 unspecified atom stereocenters. The van der Waals surface area contributed by atoms with E-state index in [4.69, 9.17) is 4.74 Å². The van der Waals surface area contributed by atoms with Crippen LogP contribution in [0.4, 0.5) is 16.2 Å². The second-order valence-corrected chi connectivity index (χ2v) is 5.77. The molecule has 0 N–H and O–H groups in total. The maximum Gasteiger partial charge on any atom is 0.430 e. The van der Waals surface area contributed by atoms with Crippen molar-refractivity contribution in [1.82, 2.24) is 9.91 Å². The lowest BCUT2D eigenvalue weighted by molar-refractivity contribution is -0.384. The van der Waals surface area contributed by atoms with E-state index in [9.17, 15) is 14.9 Å². The first-order valence-corrected chi connectivity index (χ1v) is 7.75. The Morgan fingerprint density at radius 2 is 1.96 bits per heavy atom. The van der Waals surface area contributed by atoms with Gasteiger partial charge in [0.15, 0.2) is 0 Å². The van der Waals surface area contributed by atoms with Crippen molar-refractivity contribution in [2.75, 3.05) is 51.3 Å². The van der Waals surface area contributed by atoms with Crippen LogP contribution in [-0.4, -0.2) is 73.5 Å². The topological polar surface area (TPSA) is 91.5 Å². The number of hydrogen-bond acceptors (Lipinski definition) is 7. The molecule has 2 heterocycles. The van der Waals surface area contributed by atoms with E-state index >= 15 is 0 Å². The van der Waals surface area contributed by atoms with Crippen molar-refractivity contribution < 1.29 is 14.5 Å². The lowest BCUT2D eigenvalue weighted by Gasteiger charge is -2.34. The molecule has 2 aliphatic rings. The van der Waals surface area contributed by atoms with Gasteiger partial charge in [0.05, 0.1) is 17.7 Å². The minimum absolute atomic E-state index is 0. The van der Waals surface area contributed by atoms with E-state index in [1.165, 1.54) is 23.4 Å². The number of nitro benzene ring substituents is 1. The standard InChI is InChI=1S/C15H19N5O4.ClH/c1-17-4-6-18(7-5-17)14-3-2-13(20(22)23)10-12(14)11-16-19-8-9-24-15(19)21;/h2-3,10-11H,4-9H2,1H3;1H/b16-11+;. The molecule has 136 valence electrons. The molecule has 2 aliphatic heterocycles. The van der Waals surface area contributed by atoms with Gasteiger partial charge in [-0.1, -0.05) is 0 Å². The minimum Gasteiger partial charge on any atom is -0.446 e. The van der Waals surface area contributed by atoms with Gasteiger partial charge in [0, 0.05) is 49.6 Å². The zero-order chi connectivity index (χ0) is 17.1. The highest BCUT2D eigenvalue weighted by atomic mass is 35.5. The maximum atomic E-state index is 11.5. The summed E-state index contributed by atoms with van der Waals surface area (Å²) < 4.78 is 4.82. The van der Waals surface area contributed by atoms with Crippen LogP contribution < -0.4 is 4.90 Å². The number of non-ortho nitro benzene ring substituents is 1. The average molecular weight is 370 g/mol. The number of anilines is 1. The first-order valence-electron chi connectivity index (χ1n) is 7.75. The van der Waals surface area contributed by atoms with Gasteiger partial charge in [-0.25, -0.2) is 4.79 Å². The monoisotopic (exact) mass is 369 g/mol. The summed E-state index contributed by atoms with van der Waals surface area (Å²) in [6.45, 7) is 4.20. The maximum absolute atomic E-state index is 11.5. The summed E-state index contributed by atoms with van der Waals surface area (Å²) in [6, 6.07) is 4.72. The van der Waals surface area contributed by atoms with E-state index in [-0.39, 0.29) is 18.1 Å². The highest BCUT2D eigenvalue weighted by molar-refractivity contribution is 5.90. The highest BCUT2D eigenvalue weighted by Gasteiger charge is 2.22. The highest BCUT2D eigenvalue weighted by Crippen LogP contribution is 2.25. The number of likely N-dealkylation sites (N-methyl/N-ethyl adjacent to an activating group) is 1. The Hall–Kier alpha value is -2.39. The van der Waals surface area contributed by atoms with Crippen LogP contribution in [0.15, 0.2) is 23.3 Å². The second kappa shape index (κ2) is 8.13. The molecule has 0 spiro atoms. The fourth-order valence-corrected chi connectivity index (χ4v) is 2.72. The van der Waals surface area contributed by atoms with Crippen molar-refractivity contribution in [1.29, 1.82) is 0 Å². The van der Waals surface area contributed by atoms with Gasteiger partial charge in [0.25, 0.3) is 5.69 Å². The molecule has 2 fully saturated rings. The lowest BCUT2D eigenvalue weighted by Crippen LogP contribution is -2.44. The van der Waals surface area contributed by atoms with Crippen LogP contribution in [0.25, 0.3) is 0 Å². The number of piperazine rings is 1. The molecule has 0 aliphatic carbocycles. The Morgan fingerprint density at radius 1 is 1.24 bits per heavy atom. The number of cyclic esters (lactones) is 1. The number of rotatable bonds is 4. The Bertz CT molecular complexity index is 676. The molecule has 3 rings (SSSR count). The molecule has 0 bridgehead atoms. The molecular formula is C15H20ClN5O4. The third-order valence-corrected chi connectivity index (χ3v) is 4.14. The Kier molecular flexibility index (Phi) is 6.16. The van der Waals surface area contributed by atoms with Crippen LogP contribution in [-0.2, 0) is 4.74 Å². The largest absolute Gasteiger partial charge is 0.446 e. The van der Waals surface area contributed by atoms with Gasteiger partial charge in [0.2, 0.25) is 0 Å². The van der Waals surface area contributed by atoms with Crippen LogP contribution in [0, 0.1) is 10.1 Å². The molecular weight excluding hydrogens is 350 g/mol. The third kappa shape index (κ3) is 4.37. The van der Waals surface area contributed by atoms with E-state index < -0.39 is 11.0 Å². The minimum atomic E-state index is -0.502. The Balaban J connectivity index is 0.00000225. The number of halogens is 1.